The van der Waals surface area contributed by atoms with E-state index in [4.69, 9.17) is 9.15 Å². The van der Waals surface area contributed by atoms with E-state index in [1.165, 1.54) is 18.2 Å². The third-order valence-corrected chi connectivity index (χ3v) is 3.65. The summed E-state index contributed by atoms with van der Waals surface area (Å²) in [6.45, 7) is 1.56. The number of aliphatic hydroxyl groups excluding tert-OH is 1. The Morgan fingerprint density at radius 2 is 1.96 bits per heavy atom. The summed E-state index contributed by atoms with van der Waals surface area (Å²) >= 11 is 0. The summed E-state index contributed by atoms with van der Waals surface area (Å²) in [5, 5.41) is 10.8. The largest absolute Gasteiger partial charge is 0.490 e. The molecule has 1 heterocycles. The molecule has 6 heteroatoms. The predicted octanol–water partition coefficient (Wildman–Crippen LogP) is 3.49. The molecule has 1 aromatic heterocycles. The molecule has 0 aliphatic carbocycles. The minimum absolute atomic E-state index is 0.0560. The number of ether oxygens (including phenoxy) is 1. The fraction of sp³-hybridized carbons (Fsp3) is 0.167. The zero-order chi connectivity index (χ0) is 17.3. The first-order valence-corrected chi connectivity index (χ1v) is 7.24. The van der Waals surface area contributed by atoms with E-state index in [9.17, 15) is 18.7 Å². The minimum atomic E-state index is -1.26. The molecule has 3 rings (SSSR count). The summed E-state index contributed by atoms with van der Waals surface area (Å²) in [7, 11) is 0. The second kappa shape index (κ2) is 6.41. The smallest absolute Gasteiger partial charge is 0.336 e. The van der Waals surface area contributed by atoms with Crippen molar-refractivity contribution >= 4 is 11.0 Å². The van der Waals surface area contributed by atoms with E-state index in [1.807, 2.05) is 0 Å². The molecule has 3 aromatic rings. The first-order valence-electron chi connectivity index (χ1n) is 7.24. The van der Waals surface area contributed by atoms with E-state index >= 15 is 0 Å². The summed E-state index contributed by atoms with van der Waals surface area (Å²) in [5.74, 6) is -1.20. The maximum absolute atomic E-state index is 13.6. The van der Waals surface area contributed by atoms with Gasteiger partial charge < -0.3 is 14.3 Å². The first kappa shape index (κ1) is 16.1. The number of halogens is 2. The minimum Gasteiger partial charge on any atom is -0.490 e. The Morgan fingerprint density at radius 1 is 1.17 bits per heavy atom. The Hall–Kier alpha value is -2.73. The molecule has 0 saturated heterocycles. The number of hydrogen-bond donors (Lipinski definition) is 1. The molecule has 1 atom stereocenters. The molecule has 2 aromatic carbocycles. The number of fused-ring (bicyclic) bond motifs is 1. The Bertz CT molecular complexity index is 949. The van der Waals surface area contributed by atoms with Crippen LogP contribution in [0, 0.1) is 18.6 Å². The molecule has 124 valence electrons. The SMILES string of the molecule is Cc1cc(=O)oc2cc(OCC(O)c3ccc(F)cc3F)ccc12. The van der Waals surface area contributed by atoms with Crippen LogP contribution in [0.15, 0.2) is 51.7 Å². The number of hydrogen-bond acceptors (Lipinski definition) is 4. The lowest BCUT2D eigenvalue weighted by atomic mass is 10.1. The summed E-state index contributed by atoms with van der Waals surface area (Å²) in [4.78, 5) is 11.4. The normalized spacial score (nSPS) is 12.3. The van der Waals surface area contributed by atoms with Crippen LogP contribution in [-0.2, 0) is 0 Å². The number of aryl methyl sites for hydroxylation is 1. The molecule has 0 radical (unpaired) electrons. The highest BCUT2D eigenvalue weighted by Gasteiger charge is 2.14. The molecule has 0 amide bonds. The van der Waals surface area contributed by atoms with Gasteiger partial charge in [0.15, 0.2) is 0 Å². The van der Waals surface area contributed by atoms with Gasteiger partial charge in [-0.25, -0.2) is 13.6 Å². The number of rotatable bonds is 4. The van der Waals surface area contributed by atoms with E-state index in [0.717, 1.165) is 17.0 Å². The van der Waals surface area contributed by atoms with Crippen molar-refractivity contribution in [2.45, 2.75) is 13.0 Å². The van der Waals surface area contributed by atoms with Gasteiger partial charge in [0.05, 0.1) is 0 Å². The second-order valence-electron chi connectivity index (χ2n) is 5.40. The van der Waals surface area contributed by atoms with Crippen LogP contribution >= 0.6 is 0 Å². The number of aliphatic hydroxyl groups is 1. The topological polar surface area (TPSA) is 59.7 Å². The molecule has 1 N–H and O–H groups in total. The van der Waals surface area contributed by atoms with Crippen LogP contribution in [0.5, 0.6) is 5.75 Å². The van der Waals surface area contributed by atoms with Crippen molar-refractivity contribution in [3.05, 3.63) is 75.6 Å². The lowest BCUT2D eigenvalue weighted by Crippen LogP contribution is -2.11. The van der Waals surface area contributed by atoms with Crippen LogP contribution < -0.4 is 10.4 Å². The molecule has 24 heavy (non-hydrogen) atoms. The van der Waals surface area contributed by atoms with Crippen molar-refractivity contribution in [3.8, 4) is 5.75 Å². The molecular weight excluding hydrogens is 318 g/mol. The van der Waals surface area contributed by atoms with Crippen molar-refractivity contribution in [1.82, 2.24) is 0 Å². The number of benzene rings is 2. The van der Waals surface area contributed by atoms with E-state index in [0.29, 0.717) is 17.4 Å². The van der Waals surface area contributed by atoms with Crippen molar-refractivity contribution in [2.75, 3.05) is 6.61 Å². The van der Waals surface area contributed by atoms with E-state index in [2.05, 4.69) is 0 Å². The second-order valence-corrected chi connectivity index (χ2v) is 5.40. The molecule has 4 nitrogen and oxygen atoms in total. The molecule has 0 aliphatic rings. The highest BCUT2D eigenvalue weighted by atomic mass is 19.1. The van der Waals surface area contributed by atoms with Crippen molar-refractivity contribution < 1.29 is 23.0 Å². The monoisotopic (exact) mass is 332 g/mol. The average molecular weight is 332 g/mol. The van der Waals surface area contributed by atoms with Crippen LogP contribution in [0.1, 0.15) is 17.2 Å². The third-order valence-electron chi connectivity index (χ3n) is 3.65. The van der Waals surface area contributed by atoms with E-state index in [1.54, 1.807) is 19.1 Å². The molecule has 0 fully saturated rings. The predicted molar refractivity (Wildman–Crippen MR) is 84.0 cm³/mol. The highest BCUT2D eigenvalue weighted by molar-refractivity contribution is 5.81. The standard InChI is InChI=1S/C18H14F2O4/c1-10-6-18(22)24-17-8-12(3-5-13(10)17)23-9-16(21)14-4-2-11(19)7-15(14)20/h2-8,16,21H,9H2,1H3. The van der Waals surface area contributed by atoms with Gasteiger partial charge in [0.2, 0.25) is 0 Å². The van der Waals surface area contributed by atoms with Crippen molar-refractivity contribution in [3.63, 3.8) is 0 Å². The van der Waals surface area contributed by atoms with Gasteiger partial charge in [-0.15, -0.1) is 0 Å². The summed E-state index contributed by atoms with van der Waals surface area (Å²) in [6.07, 6.45) is -1.26. The Morgan fingerprint density at radius 3 is 2.71 bits per heavy atom. The summed E-state index contributed by atoms with van der Waals surface area (Å²) in [6, 6.07) is 9.24. The van der Waals surface area contributed by atoms with Crippen LogP contribution in [-0.4, -0.2) is 11.7 Å². The van der Waals surface area contributed by atoms with Crippen LogP contribution in [0.3, 0.4) is 0 Å². The average Bonchev–Trinajstić information content (AvgIpc) is 2.52. The Balaban J connectivity index is 1.79. The van der Waals surface area contributed by atoms with Crippen LogP contribution in [0.4, 0.5) is 8.78 Å². The third kappa shape index (κ3) is 3.28. The molecule has 0 spiro atoms. The molecular formula is C18H14F2O4. The Labute approximate surface area is 135 Å². The molecule has 0 bridgehead atoms. The van der Waals surface area contributed by atoms with Crippen molar-refractivity contribution in [1.29, 1.82) is 0 Å². The van der Waals surface area contributed by atoms with Crippen LogP contribution in [0.2, 0.25) is 0 Å². The summed E-state index contributed by atoms with van der Waals surface area (Å²) < 4.78 is 37.0. The first-order chi connectivity index (χ1) is 11.4. The fourth-order valence-corrected chi connectivity index (χ4v) is 2.43. The van der Waals surface area contributed by atoms with Gasteiger partial charge >= 0.3 is 5.63 Å². The quantitative estimate of drug-likeness (QED) is 0.743. The zero-order valence-corrected chi connectivity index (χ0v) is 12.8. The lowest BCUT2D eigenvalue weighted by Gasteiger charge is -2.14. The maximum atomic E-state index is 13.6. The van der Waals surface area contributed by atoms with Gasteiger partial charge in [-0.3, -0.25) is 0 Å². The van der Waals surface area contributed by atoms with Gasteiger partial charge in [-0.05, 0) is 30.7 Å². The van der Waals surface area contributed by atoms with Gasteiger partial charge in [0, 0.05) is 29.1 Å². The van der Waals surface area contributed by atoms with Gasteiger partial charge in [0.25, 0.3) is 0 Å². The van der Waals surface area contributed by atoms with Crippen molar-refractivity contribution in [2.24, 2.45) is 0 Å². The van der Waals surface area contributed by atoms with E-state index in [-0.39, 0.29) is 12.2 Å². The molecule has 0 aliphatic heterocycles. The maximum Gasteiger partial charge on any atom is 0.336 e. The molecule has 1 unspecified atom stereocenters. The van der Waals surface area contributed by atoms with Gasteiger partial charge in [0.1, 0.15) is 35.7 Å². The van der Waals surface area contributed by atoms with E-state index < -0.39 is 23.4 Å². The Kier molecular flexibility index (Phi) is 4.31. The zero-order valence-electron chi connectivity index (χ0n) is 12.8. The van der Waals surface area contributed by atoms with Gasteiger partial charge in [-0.1, -0.05) is 6.07 Å². The molecule has 0 saturated carbocycles. The van der Waals surface area contributed by atoms with Crippen LogP contribution in [0.25, 0.3) is 11.0 Å². The lowest BCUT2D eigenvalue weighted by molar-refractivity contribution is 0.105. The van der Waals surface area contributed by atoms with Gasteiger partial charge in [-0.2, -0.15) is 0 Å². The fourth-order valence-electron chi connectivity index (χ4n) is 2.43. The highest BCUT2D eigenvalue weighted by Crippen LogP contribution is 2.24. The summed E-state index contributed by atoms with van der Waals surface area (Å²) in [5.41, 5.74) is 0.617.